The van der Waals surface area contributed by atoms with Crippen molar-refractivity contribution in [3.63, 3.8) is 0 Å². The molecule has 0 radical (unpaired) electrons. The number of carbonyl (C=O) groups excluding carboxylic acids is 1. The van der Waals surface area contributed by atoms with Crippen molar-refractivity contribution in [3.8, 4) is 0 Å². The summed E-state index contributed by atoms with van der Waals surface area (Å²) in [5.41, 5.74) is 2.22. The van der Waals surface area contributed by atoms with Gasteiger partial charge in [0.05, 0.1) is 0 Å². The fourth-order valence-electron chi connectivity index (χ4n) is 2.51. The quantitative estimate of drug-likeness (QED) is 0.329. The normalized spacial score (nSPS) is 14.7. The van der Waals surface area contributed by atoms with E-state index >= 15 is 0 Å². The smallest absolute Gasteiger partial charge is 0.334 e. The van der Waals surface area contributed by atoms with E-state index in [0.717, 1.165) is 5.57 Å². The molecule has 0 aromatic heterocycles. The molecule has 26 heavy (non-hydrogen) atoms. The molecule has 1 aliphatic heterocycles. The Labute approximate surface area is 153 Å². The molecular formula is C20H26O6. The minimum Gasteiger partial charge on any atom is -0.478 e. The van der Waals surface area contributed by atoms with Crippen LogP contribution in [0.25, 0.3) is 0 Å². The van der Waals surface area contributed by atoms with Gasteiger partial charge in [-0.05, 0) is 58.4 Å². The summed E-state index contributed by atoms with van der Waals surface area (Å²) in [5, 5.41) is 18.5. The van der Waals surface area contributed by atoms with E-state index in [2.05, 4.69) is 0 Å². The van der Waals surface area contributed by atoms with E-state index in [1.165, 1.54) is 0 Å². The molecule has 142 valence electrons. The van der Waals surface area contributed by atoms with Gasteiger partial charge in [-0.1, -0.05) is 23.8 Å². The predicted octanol–water partition coefficient (Wildman–Crippen LogP) is 3.80. The summed E-state index contributed by atoms with van der Waals surface area (Å²) in [6.07, 6.45) is 9.38. The highest BCUT2D eigenvalue weighted by Gasteiger charge is 2.16. The number of hydrogen-bond acceptors (Lipinski definition) is 4. The molecule has 0 atom stereocenters. The van der Waals surface area contributed by atoms with Crippen LogP contribution < -0.4 is 0 Å². The molecule has 0 bridgehead atoms. The summed E-state index contributed by atoms with van der Waals surface area (Å²) in [6.45, 7) is 4.18. The third kappa shape index (κ3) is 7.96. The lowest BCUT2D eigenvalue weighted by Gasteiger charge is -2.03. The van der Waals surface area contributed by atoms with Gasteiger partial charge >= 0.3 is 17.9 Å². The zero-order valence-corrected chi connectivity index (χ0v) is 15.3. The van der Waals surface area contributed by atoms with E-state index < -0.39 is 11.9 Å². The molecule has 6 nitrogen and oxygen atoms in total. The number of esters is 1. The van der Waals surface area contributed by atoms with Crippen molar-refractivity contribution < 1.29 is 29.3 Å². The van der Waals surface area contributed by atoms with E-state index in [0.29, 0.717) is 43.3 Å². The summed E-state index contributed by atoms with van der Waals surface area (Å²) < 4.78 is 4.80. The fourth-order valence-corrected chi connectivity index (χ4v) is 2.51. The fraction of sp³-hybridized carbons (Fsp3) is 0.450. The summed E-state index contributed by atoms with van der Waals surface area (Å²) in [6, 6.07) is 0. The largest absolute Gasteiger partial charge is 0.478 e. The van der Waals surface area contributed by atoms with Crippen LogP contribution in [0.3, 0.4) is 0 Å². The Balaban J connectivity index is 2.58. The monoisotopic (exact) mass is 362 g/mol. The lowest BCUT2D eigenvalue weighted by molar-refractivity contribution is -0.136. The number of carbonyl (C=O) groups is 3. The van der Waals surface area contributed by atoms with Gasteiger partial charge < -0.3 is 14.9 Å². The van der Waals surface area contributed by atoms with Crippen LogP contribution in [0.5, 0.6) is 0 Å². The molecule has 0 aliphatic carbocycles. The molecule has 0 saturated carbocycles. The average Bonchev–Trinajstić information content (AvgIpc) is 2.96. The van der Waals surface area contributed by atoms with Crippen molar-refractivity contribution in [1.29, 1.82) is 0 Å². The van der Waals surface area contributed by atoms with E-state index in [1.54, 1.807) is 18.2 Å². The highest BCUT2D eigenvalue weighted by Crippen LogP contribution is 2.17. The Morgan fingerprint density at radius 2 is 1.54 bits per heavy atom. The Bertz CT molecular complexity index is 660. The number of ether oxygens (including phenoxy) is 1. The van der Waals surface area contributed by atoms with Gasteiger partial charge in [0.25, 0.3) is 0 Å². The number of rotatable bonds is 11. The molecule has 0 aromatic rings. The number of aliphatic carboxylic acids is 2. The van der Waals surface area contributed by atoms with Crippen LogP contribution in [0, 0.1) is 0 Å². The number of carboxylic acid groups (broad SMARTS) is 2. The summed E-state index contributed by atoms with van der Waals surface area (Å²) in [7, 11) is 0. The van der Waals surface area contributed by atoms with Crippen molar-refractivity contribution in [3.05, 3.63) is 46.6 Å². The molecule has 1 aliphatic rings. The van der Waals surface area contributed by atoms with Crippen molar-refractivity contribution in [2.75, 3.05) is 6.61 Å². The van der Waals surface area contributed by atoms with Crippen molar-refractivity contribution in [2.24, 2.45) is 0 Å². The van der Waals surface area contributed by atoms with E-state index in [4.69, 9.17) is 4.74 Å². The number of hydrogen-bond donors (Lipinski definition) is 2. The first-order valence-corrected chi connectivity index (χ1v) is 8.65. The SMILES string of the molecule is CC(C)=CCC/C(=C\CC/C(=C\CCC1=CCOC1=O)C(=O)O)C(=O)O. The maximum Gasteiger partial charge on any atom is 0.334 e. The van der Waals surface area contributed by atoms with E-state index in [1.807, 2.05) is 19.9 Å². The summed E-state index contributed by atoms with van der Waals surface area (Å²) in [5.74, 6) is -2.34. The molecule has 1 heterocycles. The molecule has 6 heteroatoms. The van der Waals surface area contributed by atoms with E-state index in [-0.39, 0.29) is 24.6 Å². The van der Waals surface area contributed by atoms with Crippen molar-refractivity contribution >= 4 is 17.9 Å². The van der Waals surface area contributed by atoms with Gasteiger partial charge in [-0.3, -0.25) is 0 Å². The molecule has 1 rings (SSSR count). The minimum absolute atomic E-state index is 0.224. The zero-order valence-electron chi connectivity index (χ0n) is 15.3. The first-order valence-electron chi connectivity index (χ1n) is 8.65. The topological polar surface area (TPSA) is 101 Å². The molecule has 0 fully saturated rings. The first-order chi connectivity index (χ1) is 12.3. The molecule has 0 saturated heterocycles. The lowest BCUT2D eigenvalue weighted by atomic mass is 10.0. The zero-order chi connectivity index (χ0) is 19.5. The molecule has 0 unspecified atom stereocenters. The standard InChI is InChI=1S/C20H26O6/c1-14(2)6-3-7-15(18(21)22)8-4-9-16(19(23)24)10-5-11-17-12-13-26-20(17)25/h6,8,10,12H,3-5,7,9,11,13H2,1-2H3,(H,21,22)(H,23,24)/b15-8+,16-10+. The summed E-state index contributed by atoms with van der Waals surface area (Å²) >= 11 is 0. The van der Waals surface area contributed by atoms with Gasteiger partial charge in [0, 0.05) is 16.7 Å². The van der Waals surface area contributed by atoms with Gasteiger partial charge in [0.2, 0.25) is 0 Å². The average molecular weight is 362 g/mol. The number of allylic oxidation sites excluding steroid dienone is 4. The Morgan fingerprint density at radius 1 is 1.00 bits per heavy atom. The molecule has 2 N–H and O–H groups in total. The maximum absolute atomic E-state index is 11.3. The van der Waals surface area contributed by atoms with Gasteiger partial charge in [-0.25, -0.2) is 14.4 Å². The second-order valence-electron chi connectivity index (χ2n) is 6.29. The van der Waals surface area contributed by atoms with Crippen LogP contribution in [-0.4, -0.2) is 34.7 Å². The molecule has 0 aromatic carbocycles. The first kappa shape index (κ1) is 21.4. The predicted molar refractivity (Wildman–Crippen MR) is 97.6 cm³/mol. The molecular weight excluding hydrogens is 336 g/mol. The van der Waals surface area contributed by atoms with Crippen molar-refractivity contribution in [1.82, 2.24) is 0 Å². The third-order valence-electron chi connectivity index (χ3n) is 3.93. The molecule has 0 spiro atoms. The second-order valence-corrected chi connectivity index (χ2v) is 6.29. The van der Waals surface area contributed by atoms with Gasteiger partial charge in [0.15, 0.2) is 0 Å². The highest BCUT2D eigenvalue weighted by molar-refractivity contribution is 5.90. The summed E-state index contributed by atoms with van der Waals surface area (Å²) in [4.78, 5) is 33.9. The van der Waals surface area contributed by atoms with Gasteiger partial charge in [0.1, 0.15) is 6.61 Å². The van der Waals surface area contributed by atoms with E-state index in [9.17, 15) is 24.6 Å². The number of carboxylic acids is 2. The van der Waals surface area contributed by atoms with Crippen LogP contribution in [0.4, 0.5) is 0 Å². The third-order valence-corrected chi connectivity index (χ3v) is 3.93. The Morgan fingerprint density at radius 3 is 2.00 bits per heavy atom. The second kappa shape index (κ2) is 11.1. The van der Waals surface area contributed by atoms with Crippen LogP contribution in [-0.2, 0) is 19.1 Å². The molecule has 0 amide bonds. The van der Waals surface area contributed by atoms with Crippen LogP contribution in [0.2, 0.25) is 0 Å². The Kier molecular flexibility index (Phi) is 9.12. The highest BCUT2D eigenvalue weighted by atomic mass is 16.5. The number of cyclic esters (lactones) is 1. The van der Waals surface area contributed by atoms with Crippen molar-refractivity contribution in [2.45, 2.75) is 52.4 Å². The minimum atomic E-state index is -1.03. The lowest BCUT2D eigenvalue weighted by Crippen LogP contribution is -2.03. The van der Waals surface area contributed by atoms with Gasteiger partial charge in [-0.2, -0.15) is 0 Å². The van der Waals surface area contributed by atoms with Crippen LogP contribution in [0.15, 0.2) is 46.6 Å². The van der Waals surface area contributed by atoms with Crippen LogP contribution in [0.1, 0.15) is 52.4 Å². The Hall–Kier alpha value is -2.63. The van der Waals surface area contributed by atoms with Gasteiger partial charge in [-0.15, -0.1) is 0 Å². The maximum atomic E-state index is 11.3. The van der Waals surface area contributed by atoms with Crippen LogP contribution >= 0.6 is 0 Å².